The van der Waals surface area contributed by atoms with E-state index in [1.54, 1.807) is 29.4 Å². The summed E-state index contributed by atoms with van der Waals surface area (Å²) < 4.78 is 20.1. The number of carbonyl (C=O) groups is 2. The van der Waals surface area contributed by atoms with Gasteiger partial charge in [-0.15, -0.1) is 0 Å². The van der Waals surface area contributed by atoms with Gasteiger partial charge in [-0.2, -0.15) is 0 Å². The summed E-state index contributed by atoms with van der Waals surface area (Å²) in [6, 6.07) is 4.66. The van der Waals surface area contributed by atoms with Gasteiger partial charge in [0.2, 0.25) is 11.9 Å². The SMILES string of the molecule is O=CC1CN(C(=O)Cc2ccc(OCCCC3CCN(c4ncc(Cl)cn4)CC3)cc2F)C1. The molecule has 176 valence electrons. The van der Waals surface area contributed by atoms with Crippen LogP contribution >= 0.6 is 11.6 Å². The largest absolute Gasteiger partial charge is 0.493 e. The summed E-state index contributed by atoms with van der Waals surface area (Å²) in [4.78, 5) is 35.2. The summed E-state index contributed by atoms with van der Waals surface area (Å²) in [5.41, 5.74) is 0.346. The Balaban J connectivity index is 1.14. The van der Waals surface area contributed by atoms with Crippen molar-refractivity contribution in [3.05, 3.63) is 47.0 Å². The lowest BCUT2D eigenvalue weighted by Gasteiger charge is -2.36. The predicted octanol–water partition coefficient (Wildman–Crippen LogP) is 3.54. The third kappa shape index (κ3) is 6.19. The molecular weight excluding hydrogens is 447 g/mol. The molecule has 0 aliphatic carbocycles. The van der Waals surface area contributed by atoms with Crippen molar-refractivity contribution in [2.75, 3.05) is 37.7 Å². The maximum atomic E-state index is 14.4. The Bertz CT molecular complexity index is 961. The maximum absolute atomic E-state index is 14.4. The molecule has 1 amide bonds. The predicted molar refractivity (Wildman–Crippen MR) is 123 cm³/mol. The Morgan fingerprint density at radius 2 is 1.94 bits per heavy atom. The minimum absolute atomic E-state index is 0.00253. The molecule has 9 heteroatoms. The average Bonchev–Trinajstić information content (AvgIpc) is 2.79. The van der Waals surface area contributed by atoms with Crippen molar-refractivity contribution in [2.45, 2.75) is 32.1 Å². The van der Waals surface area contributed by atoms with Crippen LogP contribution in [0.5, 0.6) is 5.75 Å². The molecule has 2 aliphatic rings. The van der Waals surface area contributed by atoms with Crippen molar-refractivity contribution in [2.24, 2.45) is 11.8 Å². The average molecular weight is 475 g/mol. The number of ether oxygens (including phenoxy) is 1. The van der Waals surface area contributed by atoms with Gasteiger partial charge in [-0.25, -0.2) is 14.4 Å². The number of carbonyl (C=O) groups excluding carboxylic acids is 2. The zero-order valence-corrected chi connectivity index (χ0v) is 19.2. The van der Waals surface area contributed by atoms with Crippen LogP contribution in [-0.2, 0) is 16.0 Å². The lowest BCUT2D eigenvalue weighted by atomic mass is 9.92. The highest BCUT2D eigenvalue weighted by Gasteiger charge is 2.30. The third-order valence-electron chi connectivity index (χ3n) is 6.35. The molecule has 0 spiro atoms. The van der Waals surface area contributed by atoms with E-state index >= 15 is 0 Å². The number of anilines is 1. The Hall–Kier alpha value is -2.74. The van der Waals surface area contributed by atoms with Crippen LogP contribution in [0.1, 0.15) is 31.2 Å². The summed E-state index contributed by atoms with van der Waals surface area (Å²) in [6.07, 6.45) is 8.21. The van der Waals surface area contributed by atoms with Gasteiger partial charge in [-0.1, -0.05) is 17.7 Å². The number of nitrogens with zero attached hydrogens (tertiary/aromatic N) is 4. The number of aldehydes is 1. The molecule has 0 radical (unpaired) electrons. The second-order valence-electron chi connectivity index (χ2n) is 8.75. The van der Waals surface area contributed by atoms with E-state index in [0.717, 1.165) is 51.0 Å². The quantitative estimate of drug-likeness (QED) is 0.408. The van der Waals surface area contributed by atoms with E-state index in [0.29, 0.717) is 41.9 Å². The smallest absolute Gasteiger partial charge is 0.227 e. The van der Waals surface area contributed by atoms with E-state index < -0.39 is 5.82 Å². The fraction of sp³-hybridized carbons (Fsp3) is 0.500. The number of halogens is 2. The van der Waals surface area contributed by atoms with Gasteiger partial charge in [-0.3, -0.25) is 4.79 Å². The first-order valence-corrected chi connectivity index (χ1v) is 11.8. The van der Waals surface area contributed by atoms with E-state index in [2.05, 4.69) is 14.9 Å². The first kappa shape index (κ1) is 23.4. The highest BCUT2D eigenvalue weighted by molar-refractivity contribution is 6.30. The van der Waals surface area contributed by atoms with Gasteiger partial charge in [0.25, 0.3) is 0 Å². The molecule has 4 rings (SSSR count). The van der Waals surface area contributed by atoms with Gasteiger partial charge in [0.1, 0.15) is 17.9 Å². The zero-order valence-electron chi connectivity index (χ0n) is 18.5. The number of rotatable bonds is 9. The topological polar surface area (TPSA) is 75.6 Å². The molecule has 2 aliphatic heterocycles. The van der Waals surface area contributed by atoms with Crippen LogP contribution < -0.4 is 9.64 Å². The summed E-state index contributed by atoms with van der Waals surface area (Å²) in [5.74, 6) is 1.15. The summed E-state index contributed by atoms with van der Waals surface area (Å²) in [7, 11) is 0. The van der Waals surface area contributed by atoms with Gasteiger partial charge in [0.15, 0.2) is 0 Å². The lowest BCUT2D eigenvalue weighted by molar-refractivity contribution is -0.138. The number of likely N-dealkylation sites (tertiary alicyclic amines) is 1. The molecule has 1 aromatic heterocycles. The molecule has 0 N–H and O–H groups in total. The molecule has 0 bridgehead atoms. The molecular formula is C24H28ClFN4O3. The maximum Gasteiger partial charge on any atom is 0.227 e. The number of aromatic nitrogens is 2. The molecule has 33 heavy (non-hydrogen) atoms. The first-order valence-electron chi connectivity index (χ1n) is 11.4. The van der Waals surface area contributed by atoms with E-state index in [9.17, 15) is 14.0 Å². The summed E-state index contributed by atoms with van der Waals surface area (Å²) >= 11 is 5.85. The van der Waals surface area contributed by atoms with Gasteiger partial charge >= 0.3 is 0 Å². The minimum atomic E-state index is -0.440. The van der Waals surface area contributed by atoms with Crippen LogP contribution in [0.2, 0.25) is 5.02 Å². The molecule has 2 saturated heterocycles. The minimum Gasteiger partial charge on any atom is -0.493 e. The summed E-state index contributed by atoms with van der Waals surface area (Å²) in [6.45, 7) is 3.23. The molecule has 3 heterocycles. The Morgan fingerprint density at radius 1 is 1.21 bits per heavy atom. The van der Waals surface area contributed by atoms with Crippen molar-refractivity contribution in [3.63, 3.8) is 0 Å². The van der Waals surface area contributed by atoms with Crippen molar-refractivity contribution in [1.82, 2.24) is 14.9 Å². The second kappa shape index (κ2) is 10.9. The van der Waals surface area contributed by atoms with Crippen LogP contribution in [0, 0.1) is 17.7 Å². The number of hydrogen-bond acceptors (Lipinski definition) is 6. The monoisotopic (exact) mass is 474 g/mol. The number of hydrogen-bond donors (Lipinski definition) is 0. The lowest BCUT2D eigenvalue weighted by Crippen LogP contribution is -2.51. The van der Waals surface area contributed by atoms with Crippen molar-refractivity contribution < 1.29 is 18.7 Å². The van der Waals surface area contributed by atoms with Crippen molar-refractivity contribution in [3.8, 4) is 5.75 Å². The van der Waals surface area contributed by atoms with E-state index in [1.165, 1.54) is 6.07 Å². The molecule has 2 aromatic rings. The normalized spacial score (nSPS) is 17.0. The standard InChI is InChI=1S/C24H28ClFN4O3/c25-20-12-27-24(28-13-20)29-7-5-17(6-8-29)2-1-9-33-21-4-3-19(22(26)11-21)10-23(32)30-14-18(15-30)16-31/h3-4,11-13,16-18H,1-2,5-10,14-15H2. The van der Waals surface area contributed by atoms with E-state index in [-0.39, 0.29) is 18.2 Å². The van der Waals surface area contributed by atoms with Crippen LogP contribution in [-0.4, -0.2) is 59.8 Å². The zero-order chi connectivity index (χ0) is 23.2. The second-order valence-corrected chi connectivity index (χ2v) is 9.18. The Labute approximate surface area is 197 Å². The van der Waals surface area contributed by atoms with E-state index in [4.69, 9.17) is 16.3 Å². The fourth-order valence-corrected chi connectivity index (χ4v) is 4.39. The Morgan fingerprint density at radius 3 is 2.61 bits per heavy atom. The van der Waals surface area contributed by atoms with E-state index in [1.807, 2.05) is 0 Å². The van der Waals surface area contributed by atoms with Crippen LogP contribution in [0.25, 0.3) is 0 Å². The summed E-state index contributed by atoms with van der Waals surface area (Å²) in [5, 5.41) is 0.539. The van der Waals surface area contributed by atoms with Crippen molar-refractivity contribution in [1.29, 1.82) is 0 Å². The van der Waals surface area contributed by atoms with Gasteiger partial charge in [0, 0.05) is 38.2 Å². The van der Waals surface area contributed by atoms with Gasteiger partial charge in [0.05, 0.1) is 30.4 Å². The molecule has 0 atom stereocenters. The fourth-order valence-electron chi connectivity index (χ4n) is 4.29. The molecule has 0 saturated carbocycles. The molecule has 1 aromatic carbocycles. The van der Waals surface area contributed by atoms with Crippen LogP contribution in [0.3, 0.4) is 0 Å². The van der Waals surface area contributed by atoms with Crippen molar-refractivity contribution >= 4 is 29.7 Å². The Kier molecular flexibility index (Phi) is 7.75. The van der Waals surface area contributed by atoms with Gasteiger partial charge < -0.3 is 19.3 Å². The number of amides is 1. The molecule has 2 fully saturated rings. The third-order valence-corrected chi connectivity index (χ3v) is 6.55. The molecule has 7 nitrogen and oxygen atoms in total. The molecule has 0 unspecified atom stereocenters. The highest BCUT2D eigenvalue weighted by atomic mass is 35.5. The van der Waals surface area contributed by atoms with Gasteiger partial charge in [-0.05, 0) is 43.2 Å². The van der Waals surface area contributed by atoms with Crippen LogP contribution in [0.4, 0.5) is 10.3 Å². The number of benzene rings is 1. The highest BCUT2D eigenvalue weighted by Crippen LogP contribution is 2.25. The first-order chi connectivity index (χ1) is 16.0. The van der Waals surface area contributed by atoms with Crippen LogP contribution in [0.15, 0.2) is 30.6 Å². The number of piperidine rings is 1.